The predicted molar refractivity (Wildman–Crippen MR) is 87.2 cm³/mol. The van der Waals surface area contributed by atoms with E-state index in [0.717, 1.165) is 11.3 Å². The molecule has 0 amide bonds. The van der Waals surface area contributed by atoms with E-state index in [1.54, 1.807) is 37.6 Å². The fourth-order valence-electron chi connectivity index (χ4n) is 1.92. The van der Waals surface area contributed by atoms with Gasteiger partial charge in [-0.2, -0.15) is 5.26 Å². The van der Waals surface area contributed by atoms with Crippen LogP contribution in [0.3, 0.4) is 0 Å². The molecule has 0 aromatic heterocycles. The van der Waals surface area contributed by atoms with Crippen molar-refractivity contribution in [2.45, 2.75) is 20.0 Å². The van der Waals surface area contributed by atoms with Crippen LogP contribution in [0.15, 0.2) is 47.5 Å². The number of hydrogen-bond acceptors (Lipinski definition) is 4. The molecule has 0 atom stereocenters. The average molecular weight is 294 g/mol. The third-order valence-electron chi connectivity index (χ3n) is 2.93. The number of ether oxygens (including phenoxy) is 2. The van der Waals surface area contributed by atoms with Crippen LogP contribution in [0, 0.1) is 11.3 Å². The van der Waals surface area contributed by atoms with Gasteiger partial charge in [0.25, 0.3) is 0 Å². The number of para-hydroxylation sites is 1. The number of nitrogens with zero attached hydrogens (tertiary/aromatic N) is 2. The van der Waals surface area contributed by atoms with E-state index in [9.17, 15) is 0 Å². The van der Waals surface area contributed by atoms with Crippen LogP contribution in [0.5, 0.6) is 11.5 Å². The van der Waals surface area contributed by atoms with Crippen molar-refractivity contribution in [3.63, 3.8) is 0 Å². The standard InChI is InChI=1S/C18H18N2O2/c1-13(2)22-18-15(5-4-6-17(18)21-3)12-20-16-9-7-14(11-19)8-10-16/h4-10,12-13H,1-3H3. The molecule has 0 bridgehead atoms. The van der Waals surface area contributed by atoms with Crippen molar-refractivity contribution < 1.29 is 9.47 Å². The van der Waals surface area contributed by atoms with Gasteiger partial charge in [-0.3, -0.25) is 4.99 Å². The number of rotatable bonds is 5. The van der Waals surface area contributed by atoms with Crippen LogP contribution in [0.2, 0.25) is 0 Å². The largest absolute Gasteiger partial charge is 0.493 e. The lowest BCUT2D eigenvalue weighted by atomic mass is 10.2. The van der Waals surface area contributed by atoms with Crippen molar-refractivity contribution in [3.8, 4) is 17.6 Å². The lowest BCUT2D eigenvalue weighted by Crippen LogP contribution is -2.08. The molecule has 2 aromatic carbocycles. The van der Waals surface area contributed by atoms with E-state index < -0.39 is 0 Å². The Morgan fingerprint density at radius 2 is 1.86 bits per heavy atom. The third kappa shape index (κ3) is 3.86. The van der Waals surface area contributed by atoms with E-state index in [1.807, 2.05) is 32.0 Å². The van der Waals surface area contributed by atoms with Gasteiger partial charge in [-0.25, -0.2) is 0 Å². The maximum atomic E-state index is 8.80. The molecule has 0 aliphatic heterocycles. The maximum absolute atomic E-state index is 8.80. The Hall–Kier alpha value is -2.80. The minimum atomic E-state index is 0.0402. The van der Waals surface area contributed by atoms with Crippen LogP contribution >= 0.6 is 0 Å². The molecular weight excluding hydrogens is 276 g/mol. The van der Waals surface area contributed by atoms with Crippen LogP contribution in [0.1, 0.15) is 25.0 Å². The summed E-state index contributed by atoms with van der Waals surface area (Å²) in [5, 5.41) is 8.80. The minimum absolute atomic E-state index is 0.0402. The van der Waals surface area contributed by atoms with Gasteiger partial charge in [0.15, 0.2) is 11.5 Å². The van der Waals surface area contributed by atoms with Crippen molar-refractivity contribution >= 4 is 11.9 Å². The molecule has 4 nitrogen and oxygen atoms in total. The van der Waals surface area contributed by atoms with Crippen LogP contribution < -0.4 is 9.47 Å². The first-order valence-electron chi connectivity index (χ1n) is 7.02. The summed E-state index contributed by atoms with van der Waals surface area (Å²) >= 11 is 0. The smallest absolute Gasteiger partial charge is 0.170 e. The van der Waals surface area contributed by atoms with E-state index >= 15 is 0 Å². The molecule has 0 fully saturated rings. The Labute approximate surface area is 130 Å². The molecule has 0 N–H and O–H groups in total. The highest BCUT2D eigenvalue weighted by atomic mass is 16.5. The number of methoxy groups -OCH3 is 1. The minimum Gasteiger partial charge on any atom is -0.493 e. The van der Waals surface area contributed by atoms with Crippen LogP contribution in [-0.4, -0.2) is 19.4 Å². The predicted octanol–water partition coefficient (Wildman–Crippen LogP) is 4.10. The molecule has 0 saturated carbocycles. The van der Waals surface area contributed by atoms with Crippen molar-refractivity contribution in [2.24, 2.45) is 4.99 Å². The molecule has 0 saturated heterocycles. The molecule has 0 spiro atoms. The summed E-state index contributed by atoms with van der Waals surface area (Å²) in [6.07, 6.45) is 1.78. The molecule has 112 valence electrons. The Balaban J connectivity index is 2.31. The molecule has 0 aliphatic rings. The molecular formula is C18H18N2O2. The quantitative estimate of drug-likeness (QED) is 0.780. The summed E-state index contributed by atoms with van der Waals surface area (Å²) in [5.41, 5.74) is 2.24. The first kappa shape index (κ1) is 15.6. The second-order valence-corrected chi connectivity index (χ2v) is 4.96. The van der Waals surface area contributed by atoms with Gasteiger partial charge in [0.1, 0.15) is 0 Å². The van der Waals surface area contributed by atoms with E-state index in [4.69, 9.17) is 14.7 Å². The van der Waals surface area contributed by atoms with Gasteiger partial charge in [-0.15, -0.1) is 0 Å². The van der Waals surface area contributed by atoms with Gasteiger partial charge in [0, 0.05) is 11.8 Å². The van der Waals surface area contributed by atoms with Gasteiger partial charge in [-0.1, -0.05) is 6.07 Å². The molecule has 0 aliphatic carbocycles. The van der Waals surface area contributed by atoms with Gasteiger partial charge in [0.2, 0.25) is 0 Å². The van der Waals surface area contributed by atoms with E-state index in [2.05, 4.69) is 11.1 Å². The average Bonchev–Trinajstić information content (AvgIpc) is 2.53. The van der Waals surface area contributed by atoms with Crippen LogP contribution in [0.25, 0.3) is 0 Å². The summed E-state index contributed by atoms with van der Waals surface area (Å²) in [6.45, 7) is 3.93. The van der Waals surface area contributed by atoms with Gasteiger partial charge in [-0.05, 0) is 50.2 Å². The molecule has 0 unspecified atom stereocenters. The zero-order valence-corrected chi connectivity index (χ0v) is 12.9. The fraction of sp³-hybridized carbons (Fsp3) is 0.222. The van der Waals surface area contributed by atoms with E-state index in [-0.39, 0.29) is 6.10 Å². The third-order valence-corrected chi connectivity index (χ3v) is 2.93. The zero-order valence-electron chi connectivity index (χ0n) is 12.9. The Morgan fingerprint density at radius 1 is 1.14 bits per heavy atom. The van der Waals surface area contributed by atoms with Crippen molar-refractivity contribution in [1.29, 1.82) is 5.26 Å². The molecule has 4 heteroatoms. The first-order chi connectivity index (χ1) is 10.6. The van der Waals surface area contributed by atoms with Gasteiger partial charge >= 0.3 is 0 Å². The zero-order chi connectivity index (χ0) is 15.9. The maximum Gasteiger partial charge on any atom is 0.170 e. The second kappa shape index (κ2) is 7.28. The lowest BCUT2D eigenvalue weighted by Gasteiger charge is -2.15. The Kier molecular flexibility index (Phi) is 5.16. The van der Waals surface area contributed by atoms with Gasteiger partial charge < -0.3 is 9.47 Å². The molecule has 2 aromatic rings. The number of hydrogen-bond donors (Lipinski definition) is 0. The van der Waals surface area contributed by atoms with Crippen LogP contribution in [0.4, 0.5) is 5.69 Å². The summed E-state index contributed by atoms with van der Waals surface area (Å²) < 4.78 is 11.2. The summed E-state index contributed by atoms with van der Waals surface area (Å²) in [7, 11) is 1.62. The topological polar surface area (TPSA) is 54.6 Å². The van der Waals surface area contributed by atoms with Crippen molar-refractivity contribution in [2.75, 3.05) is 7.11 Å². The molecule has 2 rings (SSSR count). The first-order valence-corrected chi connectivity index (χ1v) is 7.02. The van der Waals surface area contributed by atoms with Crippen LogP contribution in [-0.2, 0) is 0 Å². The second-order valence-electron chi connectivity index (χ2n) is 4.96. The lowest BCUT2D eigenvalue weighted by molar-refractivity contribution is 0.230. The normalized spacial score (nSPS) is 10.7. The highest BCUT2D eigenvalue weighted by molar-refractivity contribution is 5.86. The molecule has 22 heavy (non-hydrogen) atoms. The SMILES string of the molecule is COc1cccc(C=Nc2ccc(C#N)cc2)c1OC(C)C. The number of aliphatic imine (C=N–C) groups is 1. The number of benzene rings is 2. The van der Waals surface area contributed by atoms with Gasteiger partial charge in [0.05, 0.1) is 30.5 Å². The summed E-state index contributed by atoms with van der Waals surface area (Å²) in [6, 6.07) is 14.8. The fourth-order valence-corrected chi connectivity index (χ4v) is 1.92. The highest BCUT2D eigenvalue weighted by Crippen LogP contribution is 2.31. The van der Waals surface area contributed by atoms with Crippen molar-refractivity contribution in [1.82, 2.24) is 0 Å². The monoisotopic (exact) mass is 294 g/mol. The summed E-state index contributed by atoms with van der Waals surface area (Å²) in [5.74, 6) is 1.36. The Bertz CT molecular complexity index is 698. The molecule has 0 heterocycles. The van der Waals surface area contributed by atoms with E-state index in [1.165, 1.54) is 0 Å². The summed E-state index contributed by atoms with van der Waals surface area (Å²) in [4.78, 5) is 4.43. The Morgan fingerprint density at radius 3 is 2.45 bits per heavy atom. The highest BCUT2D eigenvalue weighted by Gasteiger charge is 2.10. The molecule has 0 radical (unpaired) electrons. The van der Waals surface area contributed by atoms with E-state index in [0.29, 0.717) is 17.1 Å². The van der Waals surface area contributed by atoms with Crippen molar-refractivity contribution in [3.05, 3.63) is 53.6 Å². The number of nitriles is 1.